The molecule has 3 rings (SSSR count). The van der Waals surface area contributed by atoms with Crippen molar-refractivity contribution >= 4 is 23.4 Å². The summed E-state index contributed by atoms with van der Waals surface area (Å²) in [5, 5.41) is 2.93. The van der Waals surface area contributed by atoms with Crippen LogP contribution in [0.15, 0.2) is 83.8 Å². The van der Waals surface area contributed by atoms with Gasteiger partial charge in [0.2, 0.25) is 0 Å². The Hall–Kier alpha value is -2.72. The number of hydrogen-bond donors (Lipinski definition) is 1. The highest BCUT2D eigenvalue weighted by Gasteiger charge is 2.06. The van der Waals surface area contributed by atoms with Crippen LogP contribution in [0.4, 0.5) is 5.69 Å². The molecule has 0 radical (unpaired) electrons. The van der Waals surface area contributed by atoms with Crippen molar-refractivity contribution in [1.82, 2.24) is 0 Å². The normalized spacial score (nSPS) is 10.3. The minimum absolute atomic E-state index is 0.117. The summed E-state index contributed by atoms with van der Waals surface area (Å²) in [6, 6.07) is 24.9. The summed E-state index contributed by atoms with van der Waals surface area (Å²) in [7, 11) is 0. The molecule has 0 bridgehead atoms. The third-order valence-corrected chi connectivity index (χ3v) is 4.42. The average Bonchev–Trinajstić information content (AvgIpc) is 2.67. The van der Waals surface area contributed by atoms with Crippen LogP contribution >= 0.6 is 11.8 Å². The van der Waals surface area contributed by atoms with E-state index in [1.807, 2.05) is 85.1 Å². The van der Waals surface area contributed by atoms with Gasteiger partial charge in [0.25, 0.3) is 5.91 Å². The van der Waals surface area contributed by atoms with Gasteiger partial charge in [0, 0.05) is 16.1 Å². The molecule has 1 N–H and O–H groups in total. The largest absolute Gasteiger partial charge is 0.489 e. The summed E-state index contributed by atoms with van der Waals surface area (Å²) in [5.74, 6) is 0.715. The Morgan fingerprint density at radius 2 is 1.72 bits per heavy atom. The summed E-state index contributed by atoms with van der Waals surface area (Å²) in [6.07, 6.45) is 2.01. The highest BCUT2D eigenvalue weighted by molar-refractivity contribution is 7.98. The van der Waals surface area contributed by atoms with Crippen molar-refractivity contribution in [3.63, 3.8) is 0 Å². The molecule has 4 heteroatoms. The van der Waals surface area contributed by atoms with E-state index in [1.54, 1.807) is 11.8 Å². The van der Waals surface area contributed by atoms with Crippen LogP contribution in [0, 0.1) is 0 Å². The molecule has 0 aliphatic rings. The lowest BCUT2D eigenvalue weighted by atomic mass is 10.1. The monoisotopic (exact) mass is 349 g/mol. The van der Waals surface area contributed by atoms with Crippen LogP contribution in [-0.4, -0.2) is 12.2 Å². The lowest BCUT2D eigenvalue weighted by molar-refractivity contribution is 0.102. The number of nitrogens with one attached hydrogen (secondary N) is 1. The third-order valence-electron chi connectivity index (χ3n) is 3.69. The van der Waals surface area contributed by atoms with Crippen molar-refractivity contribution in [2.45, 2.75) is 11.5 Å². The molecule has 0 aliphatic heterocycles. The van der Waals surface area contributed by atoms with Crippen molar-refractivity contribution in [3.05, 3.63) is 90.0 Å². The van der Waals surface area contributed by atoms with Crippen LogP contribution in [0.1, 0.15) is 15.9 Å². The van der Waals surface area contributed by atoms with Gasteiger partial charge in [0.05, 0.1) is 0 Å². The molecule has 0 aliphatic carbocycles. The lowest BCUT2D eigenvalue weighted by Crippen LogP contribution is -2.11. The van der Waals surface area contributed by atoms with Crippen molar-refractivity contribution in [2.75, 3.05) is 11.6 Å². The first-order valence-electron chi connectivity index (χ1n) is 7.97. The molecule has 3 nitrogen and oxygen atoms in total. The quantitative estimate of drug-likeness (QED) is 0.619. The van der Waals surface area contributed by atoms with Crippen molar-refractivity contribution in [2.24, 2.45) is 0 Å². The number of carbonyl (C=O) groups is 1. The Morgan fingerprint density at radius 3 is 2.44 bits per heavy atom. The molecule has 0 saturated heterocycles. The lowest BCUT2D eigenvalue weighted by Gasteiger charge is -2.08. The highest BCUT2D eigenvalue weighted by Crippen LogP contribution is 2.19. The second-order valence-electron chi connectivity index (χ2n) is 5.48. The van der Waals surface area contributed by atoms with Crippen molar-refractivity contribution in [3.8, 4) is 5.75 Å². The first-order chi connectivity index (χ1) is 12.2. The average molecular weight is 349 g/mol. The fourth-order valence-corrected chi connectivity index (χ4v) is 2.80. The van der Waals surface area contributed by atoms with Gasteiger partial charge in [-0.2, -0.15) is 0 Å². The maximum atomic E-state index is 12.4. The standard InChI is InChI=1S/C21H19NO2S/c1-25-20-9-5-6-18(14-20)22-21(23)17-12-10-16(11-13-17)15-24-19-7-3-2-4-8-19/h2-14H,15H2,1H3,(H,22,23). The molecule has 1 amide bonds. The van der Waals surface area contributed by atoms with E-state index in [4.69, 9.17) is 4.74 Å². The summed E-state index contributed by atoms with van der Waals surface area (Å²) >= 11 is 1.65. The highest BCUT2D eigenvalue weighted by atomic mass is 32.2. The van der Waals surface area contributed by atoms with Crippen LogP contribution in [-0.2, 0) is 6.61 Å². The smallest absolute Gasteiger partial charge is 0.255 e. The van der Waals surface area contributed by atoms with Gasteiger partial charge >= 0.3 is 0 Å². The predicted molar refractivity (Wildman–Crippen MR) is 103 cm³/mol. The van der Waals surface area contributed by atoms with E-state index in [0.29, 0.717) is 12.2 Å². The summed E-state index contributed by atoms with van der Waals surface area (Å²) < 4.78 is 5.71. The topological polar surface area (TPSA) is 38.3 Å². The van der Waals surface area contributed by atoms with E-state index in [2.05, 4.69) is 5.32 Å². The van der Waals surface area contributed by atoms with E-state index in [-0.39, 0.29) is 5.91 Å². The molecule has 3 aromatic rings. The summed E-state index contributed by atoms with van der Waals surface area (Å²) in [5.41, 5.74) is 2.44. The zero-order chi connectivity index (χ0) is 17.5. The van der Waals surface area contributed by atoms with Crippen molar-refractivity contribution < 1.29 is 9.53 Å². The first kappa shape index (κ1) is 17.1. The number of para-hydroxylation sites is 1. The molecule has 25 heavy (non-hydrogen) atoms. The Kier molecular flexibility index (Phi) is 5.75. The molecule has 0 atom stereocenters. The SMILES string of the molecule is CSc1cccc(NC(=O)c2ccc(COc3ccccc3)cc2)c1. The maximum absolute atomic E-state index is 12.4. The molecular weight excluding hydrogens is 330 g/mol. The fourth-order valence-electron chi connectivity index (χ4n) is 2.34. The maximum Gasteiger partial charge on any atom is 0.255 e. The number of benzene rings is 3. The molecule has 0 aromatic heterocycles. The predicted octanol–water partition coefficient (Wildman–Crippen LogP) is 5.24. The Bertz CT molecular complexity index is 832. The molecule has 0 fully saturated rings. The van der Waals surface area contributed by atoms with Crippen LogP contribution in [0.5, 0.6) is 5.75 Å². The van der Waals surface area contributed by atoms with E-state index in [9.17, 15) is 4.79 Å². The molecule has 0 spiro atoms. The third kappa shape index (κ3) is 4.88. The summed E-state index contributed by atoms with van der Waals surface area (Å²) in [4.78, 5) is 13.5. The second-order valence-corrected chi connectivity index (χ2v) is 6.36. The Balaban J connectivity index is 1.60. The molecule has 0 unspecified atom stereocenters. The fraction of sp³-hybridized carbons (Fsp3) is 0.0952. The van der Waals surface area contributed by atoms with Crippen LogP contribution < -0.4 is 10.1 Å². The number of rotatable bonds is 6. The van der Waals surface area contributed by atoms with Gasteiger partial charge in [-0.05, 0) is 54.3 Å². The van der Waals surface area contributed by atoms with E-state index in [1.165, 1.54) is 0 Å². The van der Waals surface area contributed by atoms with Gasteiger partial charge < -0.3 is 10.1 Å². The number of carbonyl (C=O) groups excluding carboxylic acids is 1. The minimum Gasteiger partial charge on any atom is -0.489 e. The number of hydrogen-bond acceptors (Lipinski definition) is 3. The second kappa shape index (κ2) is 8.40. The molecule has 0 heterocycles. The minimum atomic E-state index is -0.117. The number of amides is 1. The van der Waals surface area contributed by atoms with Crippen LogP contribution in [0.25, 0.3) is 0 Å². The van der Waals surface area contributed by atoms with Gasteiger partial charge in [0.15, 0.2) is 0 Å². The number of ether oxygens (including phenoxy) is 1. The molecule has 3 aromatic carbocycles. The number of anilines is 1. The first-order valence-corrected chi connectivity index (χ1v) is 9.19. The number of thioether (sulfide) groups is 1. The van der Waals surface area contributed by atoms with Gasteiger partial charge in [-0.15, -0.1) is 11.8 Å². The molecule has 126 valence electrons. The van der Waals surface area contributed by atoms with Crippen molar-refractivity contribution in [1.29, 1.82) is 0 Å². The van der Waals surface area contributed by atoms with E-state index < -0.39 is 0 Å². The van der Waals surface area contributed by atoms with Gasteiger partial charge in [0.1, 0.15) is 12.4 Å². The van der Waals surface area contributed by atoms with Crippen LogP contribution in [0.3, 0.4) is 0 Å². The zero-order valence-electron chi connectivity index (χ0n) is 13.9. The van der Waals surface area contributed by atoms with Gasteiger partial charge in [-0.1, -0.05) is 36.4 Å². The van der Waals surface area contributed by atoms with Crippen LogP contribution in [0.2, 0.25) is 0 Å². The zero-order valence-corrected chi connectivity index (χ0v) is 14.8. The van der Waals surface area contributed by atoms with Gasteiger partial charge in [-0.25, -0.2) is 0 Å². The Labute approximate surface area is 152 Å². The Morgan fingerprint density at radius 1 is 0.960 bits per heavy atom. The molecule has 0 saturated carbocycles. The summed E-state index contributed by atoms with van der Waals surface area (Å²) in [6.45, 7) is 0.474. The van der Waals surface area contributed by atoms with E-state index in [0.717, 1.165) is 21.9 Å². The molecular formula is C21H19NO2S. The van der Waals surface area contributed by atoms with Gasteiger partial charge in [-0.3, -0.25) is 4.79 Å². The van der Waals surface area contributed by atoms with E-state index >= 15 is 0 Å².